The fourth-order valence-electron chi connectivity index (χ4n) is 3.13. The van der Waals surface area contributed by atoms with E-state index in [1.54, 1.807) is 0 Å². The first-order valence-electron chi connectivity index (χ1n) is 10.2. The number of H-pyrrole nitrogens is 1. The summed E-state index contributed by atoms with van der Waals surface area (Å²) in [6.07, 6.45) is 3.92. The van der Waals surface area contributed by atoms with Crippen LogP contribution in [0.1, 0.15) is 42.1 Å². The van der Waals surface area contributed by atoms with Gasteiger partial charge in [-0.05, 0) is 43.0 Å². The highest BCUT2D eigenvalue weighted by molar-refractivity contribution is 7.99. The van der Waals surface area contributed by atoms with E-state index in [0.717, 1.165) is 24.1 Å². The summed E-state index contributed by atoms with van der Waals surface area (Å²) in [5.41, 5.74) is 4.30. The molecule has 0 atom stereocenters. The van der Waals surface area contributed by atoms with Crippen molar-refractivity contribution in [2.45, 2.75) is 44.7 Å². The molecule has 0 fully saturated rings. The van der Waals surface area contributed by atoms with Crippen molar-refractivity contribution >= 4 is 23.4 Å². The summed E-state index contributed by atoms with van der Waals surface area (Å²) >= 11 is 1.23. The molecule has 0 unspecified atom stereocenters. The van der Waals surface area contributed by atoms with Crippen molar-refractivity contribution in [3.8, 4) is 0 Å². The zero-order valence-electron chi connectivity index (χ0n) is 17.4. The number of unbranched alkanes of at least 4 members (excludes halogenated alkanes) is 1. The molecule has 1 amide bonds. The van der Waals surface area contributed by atoms with E-state index in [-0.39, 0.29) is 17.2 Å². The van der Waals surface area contributed by atoms with Crippen molar-refractivity contribution in [3.63, 3.8) is 0 Å². The number of nitrogens with zero attached hydrogens (tertiary/aromatic N) is 1. The molecule has 1 aromatic heterocycles. The van der Waals surface area contributed by atoms with E-state index >= 15 is 0 Å². The van der Waals surface area contributed by atoms with Crippen molar-refractivity contribution in [1.82, 2.24) is 9.97 Å². The van der Waals surface area contributed by atoms with Crippen molar-refractivity contribution in [3.05, 3.63) is 87.3 Å². The van der Waals surface area contributed by atoms with Gasteiger partial charge >= 0.3 is 0 Å². The van der Waals surface area contributed by atoms with E-state index in [2.05, 4.69) is 22.2 Å². The van der Waals surface area contributed by atoms with Crippen molar-refractivity contribution in [2.24, 2.45) is 0 Å². The maximum Gasteiger partial charge on any atom is 0.255 e. The van der Waals surface area contributed by atoms with Crippen LogP contribution in [0.5, 0.6) is 0 Å². The van der Waals surface area contributed by atoms with Gasteiger partial charge in [-0.1, -0.05) is 67.6 Å². The second-order valence-corrected chi connectivity index (χ2v) is 8.20. The Morgan fingerprint density at radius 3 is 2.47 bits per heavy atom. The number of thioether (sulfide) groups is 1. The van der Waals surface area contributed by atoms with Gasteiger partial charge in [0.1, 0.15) is 0 Å². The SMILES string of the molecule is CCCCc1ccc(NC(=O)CSc2nc(C)c(Cc3ccccc3)c(=O)[nH]2)cc1. The first-order valence-corrected chi connectivity index (χ1v) is 11.2. The molecule has 0 bridgehead atoms. The predicted octanol–water partition coefficient (Wildman–Crippen LogP) is 4.74. The fraction of sp³-hybridized carbons (Fsp3) is 0.292. The Bertz CT molecular complexity index is 1030. The molecule has 3 rings (SSSR count). The number of amides is 1. The van der Waals surface area contributed by atoms with Crippen LogP contribution in [0.15, 0.2) is 64.5 Å². The lowest BCUT2D eigenvalue weighted by atomic mass is 10.1. The second-order valence-electron chi connectivity index (χ2n) is 7.23. The first-order chi connectivity index (χ1) is 14.5. The van der Waals surface area contributed by atoms with E-state index < -0.39 is 0 Å². The normalized spacial score (nSPS) is 10.7. The fourth-order valence-corrected chi connectivity index (χ4v) is 3.83. The van der Waals surface area contributed by atoms with Crippen LogP contribution in [0, 0.1) is 6.92 Å². The Morgan fingerprint density at radius 1 is 1.07 bits per heavy atom. The number of aryl methyl sites for hydroxylation is 2. The summed E-state index contributed by atoms with van der Waals surface area (Å²) < 4.78 is 0. The minimum Gasteiger partial charge on any atom is -0.325 e. The maximum absolute atomic E-state index is 12.5. The zero-order valence-corrected chi connectivity index (χ0v) is 18.2. The summed E-state index contributed by atoms with van der Waals surface area (Å²) in [7, 11) is 0. The van der Waals surface area contributed by atoms with Crippen LogP contribution in [0.2, 0.25) is 0 Å². The largest absolute Gasteiger partial charge is 0.325 e. The third-order valence-electron chi connectivity index (χ3n) is 4.82. The molecule has 0 radical (unpaired) electrons. The molecule has 0 saturated carbocycles. The smallest absolute Gasteiger partial charge is 0.255 e. The van der Waals surface area contributed by atoms with Crippen LogP contribution < -0.4 is 10.9 Å². The summed E-state index contributed by atoms with van der Waals surface area (Å²) in [6, 6.07) is 17.8. The molecule has 0 saturated heterocycles. The lowest BCUT2D eigenvalue weighted by Gasteiger charge is -2.08. The van der Waals surface area contributed by atoms with Crippen LogP contribution in [0.3, 0.4) is 0 Å². The van der Waals surface area contributed by atoms with Gasteiger partial charge in [0.2, 0.25) is 5.91 Å². The highest BCUT2D eigenvalue weighted by Crippen LogP contribution is 2.16. The summed E-state index contributed by atoms with van der Waals surface area (Å²) in [6.45, 7) is 4.00. The van der Waals surface area contributed by atoms with Gasteiger partial charge in [0.25, 0.3) is 5.56 Å². The van der Waals surface area contributed by atoms with Gasteiger partial charge in [-0.15, -0.1) is 0 Å². The van der Waals surface area contributed by atoms with Crippen LogP contribution in [-0.4, -0.2) is 21.6 Å². The van der Waals surface area contributed by atoms with Crippen LogP contribution >= 0.6 is 11.8 Å². The number of nitrogens with one attached hydrogen (secondary N) is 2. The van der Waals surface area contributed by atoms with Gasteiger partial charge in [-0.25, -0.2) is 4.98 Å². The lowest BCUT2D eigenvalue weighted by molar-refractivity contribution is -0.113. The van der Waals surface area contributed by atoms with Crippen LogP contribution in [-0.2, 0) is 17.6 Å². The Balaban J connectivity index is 1.56. The highest BCUT2D eigenvalue weighted by Gasteiger charge is 2.11. The van der Waals surface area contributed by atoms with Gasteiger partial charge < -0.3 is 10.3 Å². The second kappa shape index (κ2) is 10.8. The monoisotopic (exact) mass is 421 g/mol. The number of hydrogen-bond acceptors (Lipinski definition) is 4. The molecular weight excluding hydrogens is 394 g/mol. The minimum absolute atomic E-state index is 0.130. The Hall–Kier alpha value is -2.86. The van der Waals surface area contributed by atoms with Crippen molar-refractivity contribution in [2.75, 3.05) is 11.1 Å². The number of benzene rings is 2. The summed E-state index contributed by atoms with van der Waals surface area (Å²) in [5.74, 6) is 0.0489. The van der Waals surface area contributed by atoms with Gasteiger partial charge in [-0.2, -0.15) is 0 Å². The summed E-state index contributed by atoms with van der Waals surface area (Å²) in [5, 5.41) is 3.35. The van der Waals surface area contributed by atoms with Crippen LogP contribution in [0.25, 0.3) is 0 Å². The molecule has 2 aromatic carbocycles. The number of aromatic amines is 1. The van der Waals surface area contributed by atoms with Crippen molar-refractivity contribution in [1.29, 1.82) is 0 Å². The highest BCUT2D eigenvalue weighted by atomic mass is 32.2. The van der Waals surface area contributed by atoms with Gasteiger partial charge in [0.15, 0.2) is 5.16 Å². The number of carbonyl (C=O) groups excluding carboxylic acids is 1. The average Bonchev–Trinajstić information content (AvgIpc) is 2.75. The third kappa shape index (κ3) is 6.32. The summed E-state index contributed by atoms with van der Waals surface area (Å²) in [4.78, 5) is 32.0. The van der Waals surface area contributed by atoms with E-state index in [0.29, 0.717) is 22.8 Å². The Kier molecular flexibility index (Phi) is 7.85. The van der Waals surface area contributed by atoms with E-state index in [1.807, 2.05) is 61.5 Å². The average molecular weight is 422 g/mol. The maximum atomic E-state index is 12.5. The standard InChI is InChI=1S/C24H27N3O2S/c1-3-4-8-18-11-13-20(14-12-18)26-22(28)16-30-24-25-17(2)21(23(29)27-24)15-19-9-6-5-7-10-19/h5-7,9-14H,3-4,8,15-16H2,1-2H3,(H,26,28)(H,25,27,29). The van der Waals surface area contributed by atoms with E-state index in [4.69, 9.17) is 0 Å². The lowest BCUT2D eigenvalue weighted by Crippen LogP contribution is -2.19. The number of anilines is 1. The van der Waals surface area contributed by atoms with Crippen LogP contribution in [0.4, 0.5) is 5.69 Å². The molecule has 5 nitrogen and oxygen atoms in total. The molecule has 0 aliphatic heterocycles. The molecule has 0 aliphatic rings. The topological polar surface area (TPSA) is 74.8 Å². The predicted molar refractivity (Wildman–Crippen MR) is 123 cm³/mol. The molecule has 30 heavy (non-hydrogen) atoms. The minimum atomic E-state index is -0.156. The third-order valence-corrected chi connectivity index (χ3v) is 5.69. The quantitative estimate of drug-likeness (QED) is 0.386. The molecule has 3 aromatic rings. The van der Waals surface area contributed by atoms with Crippen molar-refractivity contribution < 1.29 is 4.79 Å². The molecular formula is C24H27N3O2S. The number of aromatic nitrogens is 2. The first kappa shape index (κ1) is 21.8. The molecule has 0 spiro atoms. The van der Waals surface area contributed by atoms with E-state index in [1.165, 1.54) is 23.7 Å². The molecule has 1 heterocycles. The number of hydrogen-bond donors (Lipinski definition) is 2. The number of rotatable bonds is 9. The number of carbonyl (C=O) groups is 1. The Morgan fingerprint density at radius 2 is 1.80 bits per heavy atom. The molecule has 0 aliphatic carbocycles. The van der Waals surface area contributed by atoms with Gasteiger partial charge in [0, 0.05) is 23.4 Å². The molecule has 2 N–H and O–H groups in total. The molecule has 156 valence electrons. The van der Waals surface area contributed by atoms with Gasteiger partial charge in [-0.3, -0.25) is 9.59 Å². The Labute approximate surface area is 181 Å². The van der Waals surface area contributed by atoms with E-state index in [9.17, 15) is 9.59 Å². The zero-order chi connectivity index (χ0) is 21.3. The van der Waals surface area contributed by atoms with Gasteiger partial charge in [0.05, 0.1) is 5.75 Å². The molecule has 6 heteroatoms.